The highest BCUT2D eigenvalue weighted by atomic mass is 35.5. The maximum atomic E-state index is 12.3. The molecule has 0 saturated heterocycles. The van der Waals surface area contributed by atoms with E-state index in [-0.39, 0.29) is 17.0 Å². The van der Waals surface area contributed by atoms with Crippen molar-refractivity contribution in [3.05, 3.63) is 28.8 Å². The fraction of sp³-hybridized carbons (Fsp3) is 0.273. The van der Waals surface area contributed by atoms with Gasteiger partial charge in [0.25, 0.3) is 0 Å². The van der Waals surface area contributed by atoms with E-state index < -0.39 is 23.6 Å². The van der Waals surface area contributed by atoms with Crippen molar-refractivity contribution in [3.63, 3.8) is 0 Å². The molecule has 0 amide bonds. The van der Waals surface area contributed by atoms with Crippen LogP contribution in [0.3, 0.4) is 0 Å². The lowest BCUT2D eigenvalue weighted by Gasteiger charge is -2.15. The first-order valence-corrected chi connectivity index (χ1v) is 5.33. The van der Waals surface area contributed by atoms with Crippen molar-refractivity contribution in [2.75, 3.05) is 7.11 Å². The van der Waals surface area contributed by atoms with Crippen LogP contribution in [-0.2, 0) is 10.6 Å². The summed E-state index contributed by atoms with van der Waals surface area (Å²) in [7, 11) is 0.999. The van der Waals surface area contributed by atoms with Crippen LogP contribution >= 0.6 is 11.6 Å². The number of rotatable bonds is 3. The van der Waals surface area contributed by atoms with Gasteiger partial charge in [-0.05, 0) is 12.1 Å². The summed E-state index contributed by atoms with van der Waals surface area (Å²) in [6.07, 6.45) is -4.99. The number of carbonyl (C=O) groups excluding carboxylic acids is 1. The average Bonchev–Trinajstić information content (AvgIpc) is 2.36. The molecule has 0 aliphatic carbocycles. The van der Waals surface area contributed by atoms with Gasteiger partial charge in [-0.3, -0.25) is 0 Å². The summed E-state index contributed by atoms with van der Waals surface area (Å²) in [4.78, 5) is 11.4. The number of nitrogens with zero attached hydrogens (tertiary/aromatic N) is 1. The Labute approximate surface area is 111 Å². The first-order valence-electron chi connectivity index (χ1n) is 4.79. The number of esters is 1. The third kappa shape index (κ3) is 3.76. The minimum absolute atomic E-state index is 0.0226. The molecule has 0 aliphatic rings. The summed E-state index contributed by atoms with van der Waals surface area (Å²) in [5.74, 6) is -2.17. The zero-order valence-corrected chi connectivity index (χ0v) is 10.3. The van der Waals surface area contributed by atoms with Crippen LogP contribution in [-0.4, -0.2) is 19.4 Å². The van der Waals surface area contributed by atoms with Gasteiger partial charge in [0.1, 0.15) is 11.3 Å². The lowest BCUT2D eigenvalue weighted by molar-refractivity contribution is -0.275. The molecule has 0 saturated carbocycles. The topological polar surface area (TPSA) is 59.3 Å². The predicted molar refractivity (Wildman–Crippen MR) is 58.7 cm³/mol. The number of hydrogen-bond acceptors (Lipinski definition) is 4. The van der Waals surface area contributed by atoms with Crippen molar-refractivity contribution in [2.45, 2.75) is 12.2 Å². The monoisotopic (exact) mass is 293 g/mol. The standard InChI is InChI=1S/C11H7ClF3NO3/c1-18-10(17)8-3-6(5-16)2-7(4-12)9(8)19-11(13,14)15/h2-3H,4H2,1H3. The van der Waals surface area contributed by atoms with Gasteiger partial charge in [0.2, 0.25) is 0 Å². The Morgan fingerprint density at radius 1 is 1.47 bits per heavy atom. The van der Waals surface area contributed by atoms with E-state index >= 15 is 0 Å². The lowest BCUT2D eigenvalue weighted by Crippen LogP contribution is -2.20. The van der Waals surface area contributed by atoms with Gasteiger partial charge >= 0.3 is 12.3 Å². The van der Waals surface area contributed by atoms with Crippen LogP contribution < -0.4 is 4.74 Å². The van der Waals surface area contributed by atoms with Gasteiger partial charge in [-0.1, -0.05) is 0 Å². The van der Waals surface area contributed by atoms with Crippen LogP contribution in [0.2, 0.25) is 0 Å². The van der Waals surface area contributed by atoms with Gasteiger partial charge in [-0.25, -0.2) is 4.79 Å². The first kappa shape index (κ1) is 15.1. The molecule has 0 bridgehead atoms. The highest BCUT2D eigenvalue weighted by Crippen LogP contribution is 2.32. The summed E-state index contributed by atoms with van der Waals surface area (Å²) in [5.41, 5.74) is -0.654. The average molecular weight is 294 g/mol. The third-order valence-electron chi connectivity index (χ3n) is 2.06. The highest BCUT2D eigenvalue weighted by molar-refractivity contribution is 6.17. The molecule has 1 aromatic rings. The Hall–Kier alpha value is -1.94. The Bertz CT molecular complexity index is 537. The number of carbonyl (C=O) groups is 1. The van der Waals surface area contributed by atoms with Crippen molar-refractivity contribution >= 4 is 17.6 Å². The van der Waals surface area contributed by atoms with E-state index in [1.54, 1.807) is 6.07 Å². The number of halogens is 4. The summed E-state index contributed by atoms with van der Waals surface area (Å²) >= 11 is 5.50. The number of methoxy groups -OCH3 is 1. The highest BCUT2D eigenvalue weighted by Gasteiger charge is 2.34. The molecule has 0 atom stereocenters. The van der Waals surface area contributed by atoms with E-state index in [1.165, 1.54) is 0 Å². The van der Waals surface area contributed by atoms with Gasteiger partial charge < -0.3 is 9.47 Å². The second-order valence-electron chi connectivity index (χ2n) is 3.30. The molecule has 0 unspecified atom stereocenters. The van der Waals surface area contributed by atoms with Gasteiger partial charge in [0, 0.05) is 5.56 Å². The SMILES string of the molecule is COC(=O)c1cc(C#N)cc(CCl)c1OC(F)(F)F. The maximum Gasteiger partial charge on any atom is 0.573 e. The molecule has 8 heteroatoms. The lowest BCUT2D eigenvalue weighted by atomic mass is 10.1. The van der Waals surface area contributed by atoms with Gasteiger partial charge in [-0.15, -0.1) is 24.8 Å². The van der Waals surface area contributed by atoms with Crippen LogP contribution in [0, 0.1) is 11.3 Å². The summed E-state index contributed by atoms with van der Waals surface area (Å²) in [6, 6.07) is 3.77. The quantitative estimate of drug-likeness (QED) is 0.635. The normalized spacial score (nSPS) is 10.7. The van der Waals surface area contributed by atoms with Crippen molar-refractivity contribution in [1.82, 2.24) is 0 Å². The van der Waals surface area contributed by atoms with Crippen LogP contribution in [0.1, 0.15) is 21.5 Å². The molecule has 0 spiro atoms. The fourth-order valence-corrected chi connectivity index (χ4v) is 1.55. The molecule has 4 nitrogen and oxygen atoms in total. The fourth-order valence-electron chi connectivity index (χ4n) is 1.35. The minimum Gasteiger partial charge on any atom is -0.465 e. The van der Waals surface area contributed by atoms with Gasteiger partial charge in [-0.2, -0.15) is 5.26 Å². The Morgan fingerprint density at radius 3 is 2.53 bits per heavy atom. The molecule has 0 radical (unpaired) electrons. The second kappa shape index (κ2) is 5.80. The number of hydrogen-bond donors (Lipinski definition) is 0. The number of benzene rings is 1. The van der Waals surface area contributed by atoms with Crippen molar-refractivity contribution < 1.29 is 27.4 Å². The van der Waals surface area contributed by atoms with E-state index in [0.29, 0.717) is 0 Å². The molecule has 19 heavy (non-hydrogen) atoms. The molecule has 1 rings (SSSR count). The molecular weight excluding hydrogens is 287 g/mol. The molecule has 0 aliphatic heterocycles. The van der Waals surface area contributed by atoms with Crippen LogP contribution in [0.4, 0.5) is 13.2 Å². The molecule has 0 aromatic heterocycles. The summed E-state index contributed by atoms with van der Waals surface area (Å²) in [5, 5.41) is 8.75. The van der Waals surface area contributed by atoms with Gasteiger partial charge in [0.05, 0.1) is 24.6 Å². The Balaban J connectivity index is 3.47. The number of ether oxygens (including phenoxy) is 2. The van der Waals surface area contributed by atoms with E-state index in [1.807, 2.05) is 0 Å². The van der Waals surface area contributed by atoms with Crippen molar-refractivity contribution in [2.24, 2.45) is 0 Å². The summed E-state index contributed by atoms with van der Waals surface area (Å²) in [6.45, 7) is 0. The Morgan fingerprint density at radius 2 is 2.11 bits per heavy atom. The van der Waals surface area contributed by atoms with Crippen molar-refractivity contribution in [3.8, 4) is 11.8 Å². The van der Waals surface area contributed by atoms with Crippen LogP contribution in [0.25, 0.3) is 0 Å². The van der Waals surface area contributed by atoms with Crippen LogP contribution in [0.5, 0.6) is 5.75 Å². The smallest absolute Gasteiger partial charge is 0.465 e. The molecule has 1 aromatic carbocycles. The third-order valence-corrected chi connectivity index (χ3v) is 2.35. The summed E-state index contributed by atoms with van der Waals surface area (Å²) < 4.78 is 45.0. The molecule has 102 valence electrons. The predicted octanol–water partition coefficient (Wildman–Crippen LogP) is 2.98. The molecule has 0 fully saturated rings. The Kier molecular flexibility index (Phi) is 4.62. The number of alkyl halides is 4. The zero-order valence-electron chi connectivity index (χ0n) is 9.55. The van der Waals surface area contributed by atoms with Crippen LogP contribution in [0.15, 0.2) is 12.1 Å². The first-order chi connectivity index (χ1) is 8.82. The van der Waals surface area contributed by atoms with Crippen molar-refractivity contribution in [1.29, 1.82) is 5.26 Å². The van der Waals surface area contributed by atoms with Gasteiger partial charge in [0.15, 0.2) is 0 Å². The zero-order chi connectivity index (χ0) is 14.6. The molecule has 0 heterocycles. The minimum atomic E-state index is -4.99. The van der Waals surface area contributed by atoms with E-state index in [4.69, 9.17) is 16.9 Å². The molecule has 0 N–H and O–H groups in total. The van der Waals surface area contributed by atoms with E-state index in [0.717, 1.165) is 19.2 Å². The van der Waals surface area contributed by atoms with E-state index in [2.05, 4.69) is 9.47 Å². The maximum absolute atomic E-state index is 12.3. The number of nitriles is 1. The second-order valence-corrected chi connectivity index (χ2v) is 3.56. The van der Waals surface area contributed by atoms with E-state index in [9.17, 15) is 18.0 Å². The largest absolute Gasteiger partial charge is 0.573 e. The molecular formula is C11H7ClF3NO3.